The summed E-state index contributed by atoms with van der Waals surface area (Å²) >= 11 is 7.18. The fourth-order valence-electron chi connectivity index (χ4n) is 3.82. The van der Waals surface area contributed by atoms with Crippen LogP contribution in [0.25, 0.3) is 5.57 Å². The van der Waals surface area contributed by atoms with E-state index in [0.717, 1.165) is 33.4 Å². The van der Waals surface area contributed by atoms with Crippen LogP contribution in [0.1, 0.15) is 25.4 Å². The summed E-state index contributed by atoms with van der Waals surface area (Å²) in [5.74, 6) is -5.21. The number of anilines is 3. The molecule has 17 nitrogen and oxygen atoms in total. The topological polar surface area (TPSA) is 269 Å². The number of nitrogen functional groups attached to an aromatic ring is 3. The van der Waals surface area contributed by atoms with E-state index in [-0.39, 0.29) is 39.9 Å². The van der Waals surface area contributed by atoms with Crippen molar-refractivity contribution in [1.29, 1.82) is 0 Å². The predicted octanol–water partition coefficient (Wildman–Crippen LogP) is -2.98. The van der Waals surface area contributed by atoms with Gasteiger partial charge in [-0.1, -0.05) is 27.3 Å². The molecule has 2 aliphatic rings. The molecule has 0 saturated carbocycles. The third-order valence-corrected chi connectivity index (χ3v) is 8.45. The molecule has 1 fully saturated rings. The van der Waals surface area contributed by atoms with Crippen LogP contribution in [0.4, 0.5) is 17.0 Å². The normalized spacial score (nSPS) is 20.7. The maximum atomic E-state index is 13.6. The van der Waals surface area contributed by atoms with E-state index in [2.05, 4.69) is 25.4 Å². The van der Waals surface area contributed by atoms with Gasteiger partial charge in [-0.15, -0.1) is 23.1 Å². The summed E-state index contributed by atoms with van der Waals surface area (Å²) in [4.78, 5) is 68.7. The molecular formula is C21H22N10O7S3. The lowest BCUT2D eigenvalue weighted by molar-refractivity contribution is -0.664. The van der Waals surface area contributed by atoms with Crippen molar-refractivity contribution in [2.24, 2.45) is 12.2 Å². The minimum atomic E-state index is -1.88. The number of rotatable bonds is 9. The number of amides is 2. The van der Waals surface area contributed by atoms with Crippen LogP contribution in [-0.2, 0) is 31.1 Å². The van der Waals surface area contributed by atoms with Gasteiger partial charge in [0.1, 0.15) is 11.1 Å². The van der Waals surface area contributed by atoms with Crippen molar-refractivity contribution in [3.05, 3.63) is 22.6 Å². The number of nitrogens with two attached hydrogens (primary N) is 3. The van der Waals surface area contributed by atoms with Crippen LogP contribution < -0.4 is 32.2 Å². The number of thiocarbonyl (C=S) groups is 1. The zero-order valence-electron chi connectivity index (χ0n) is 21.5. The summed E-state index contributed by atoms with van der Waals surface area (Å²) in [5, 5.41) is 29.3. The van der Waals surface area contributed by atoms with E-state index in [1.807, 2.05) is 0 Å². The first-order valence-electron chi connectivity index (χ1n) is 11.3. The summed E-state index contributed by atoms with van der Waals surface area (Å²) in [7, 11) is 1.49. The van der Waals surface area contributed by atoms with E-state index in [0.29, 0.717) is 0 Å². The highest BCUT2D eigenvalue weighted by Crippen LogP contribution is 2.47. The Kier molecular flexibility index (Phi) is 7.58. The number of aliphatic carboxylic acids is 2. The standard InChI is InChI=1S/C21H22N10O7S3/c1-20(2,16(36)37)38-29-9(8-5-41-19(24)25-8)12(32)28-21(6-39)14(35)31-10(13(33)34)7(4-40-15(21)31)11-26-17(22)27-18(23)30(11)3/h5-6,15H,4H2,1-3H3,(H8,22,23,24,25,27,28,32,33,34,36,37)/b29-9-/t15-,21?/m0/s1. The number of oxime groups is 1. The SMILES string of the molecule is C[n+]1c(N)nc(N)nc1C1=C(C(=O)[O-])N2C(=O)C(C=S)(NC(=O)/C(=N\OC(C)(C)C(=O)O)c3csc(N)n3)[C@@H]2SC1. The maximum Gasteiger partial charge on any atom is 0.350 e. The van der Waals surface area contributed by atoms with E-state index >= 15 is 0 Å². The minimum absolute atomic E-state index is 0.0260. The molecule has 0 radical (unpaired) electrons. The van der Waals surface area contributed by atoms with E-state index in [1.54, 1.807) is 0 Å². The van der Waals surface area contributed by atoms with Gasteiger partial charge in [-0.05, 0) is 13.8 Å². The Morgan fingerprint density at radius 1 is 1.34 bits per heavy atom. The molecule has 4 heterocycles. The average molecular weight is 623 g/mol. The average Bonchev–Trinajstić information content (AvgIpc) is 3.33. The van der Waals surface area contributed by atoms with E-state index < -0.39 is 51.7 Å². The fourth-order valence-corrected chi connectivity index (χ4v) is 6.17. The van der Waals surface area contributed by atoms with Gasteiger partial charge in [0, 0.05) is 16.5 Å². The molecular weight excluding hydrogens is 600 g/mol. The highest BCUT2D eigenvalue weighted by Gasteiger charge is 2.64. The third-order valence-electron chi connectivity index (χ3n) is 6.05. The van der Waals surface area contributed by atoms with E-state index in [1.165, 1.54) is 30.8 Å². The summed E-state index contributed by atoms with van der Waals surface area (Å²) in [6.07, 6.45) is 0. The smallest absolute Gasteiger partial charge is 0.350 e. The number of nitrogens with zero attached hydrogens (tertiary/aromatic N) is 6. The fraction of sp³-hybridized carbons (Fsp3) is 0.333. The largest absolute Gasteiger partial charge is 0.543 e. The van der Waals surface area contributed by atoms with Crippen molar-refractivity contribution in [2.45, 2.75) is 30.4 Å². The minimum Gasteiger partial charge on any atom is -0.543 e. The summed E-state index contributed by atoms with van der Waals surface area (Å²) in [5.41, 5.74) is 12.5. The predicted molar refractivity (Wildman–Crippen MR) is 147 cm³/mol. The Labute approximate surface area is 244 Å². The van der Waals surface area contributed by atoms with Gasteiger partial charge >= 0.3 is 17.9 Å². The van der Waals surface area contributed by atoms with Gasteiger partial charge in [-0.3, -0.25) is 14.5 Å². The number of nitrogens with one attached hydrogen (secondary N) is 1. The quantitative estimate of drug-likeness (QED) is 0.0614. The molecule has 0 spiro atoms. The van der Waals surface area contributed by atoms with Crippen LogP contribution in [0, 0.1) is 0 Å². The number of carboxylic acids is 2. The van der Waals surface area contributed by atoms with Crippen LogP contribution >= 0.6 is 35.3 Å². The third kappa shape index (κ3) is 5.00. The molecule has 2 amide bonds. The highest BCUT2D eigenvalue weighted by atomic mass is 32.2. The van der Waals surface area contributed by atoms with Crippen molar-refractivity contribution < 1.29 is 38.8 Å². The number of carboxylic acid groups (broad SMARTS) is 2. The van der Waals surface area contributed by atoms with E-state index in [9.17, 15) is 29.4 Å². The molecule has 216 valence electrons. The van der Waals surface area contributed by atoms with Gasteiger partial charge in [0.25, 0.3) is 11.8 Å². The summed E-state index contributed by atoms with van der Waals surface area (Å²) in [6.45, 7) is 2.41. The number of carbonyl (C=O) groups excluding carboxylic acids is 3. The lowest BCUT2D eigenvalue weighted by atomic mass is 9.87. The zero-order chi connectivity index (χ0) is 30.4. The van der Waals surface area contributed by atoms with E-state index in [4.69, 9.17) is 34.3 Å². The van der Waals surface area contributed by atoms with Crippen LogP contribution in [0.15, 0.2) is 16.2 Å². The second-order valence-corrected chi connectivity index (χ2v) is 11.3. The van der Waals surface area contributed by atoms with Gasteiger partial charge in [-0.25, -0.2) is 14.3 Å². The van der Waals surface area contributed by atoms with Gasteiger partial charge in [0.05, 0.1) is 24.3 Å². The Balaban J connectivity index is 1.72. The van der Waals surface area contributed by atoms with Crippen LogP contribution in [0.2, 0.25) is 0 Å². The molecule has 2 aliphatic heterocycles. The number of hydrogen-bond acceptors (Lipinski definition) is 16. The number of thiazole rings is 1. The Bertz CT molecular complexity index is 1570. The lowest BCUT2D eigenvalue weighted by Gasteiger charge is -2.56. The number of hydrogen-bond donors (Lipinski definition) is 5. The number of carbonyl (C=O) groups is 4. The molecule has 4 rings (SSSR count). The number of aromatic nitrogens is 4. The molecule has 2 aromatic heterocycles. The molecule has 0 aliphatic carbocycles. The van der Waals surface area contributed by atoms with Crippen molar-refractivity contribution >= 4 is 92.8 Å². The van der Waals surface area contributed by atoms with Crippen LogP contribution in [0.5, 0.6) is 0 Å². The first-order valence-corrected chi connectivity index (χ1v) is 13.7. The molecule has 41 heavy (non-hydrogen) atoms. The molecule has 8 N–H and O–H groups in total. The number of thioether (sulfide) groups is 1. The Morgan fingerprint density at radius 2 is 2.02 bits per heavy atom. The molecule has 0 aromatic carbocycles. The summed E-state index contributed by atoms with van der Waals surface area (Å²) < 4.78 is 1.30. The van der Waals surface area contributed by atoms with Crippen LogP contribution in [0.3, 0.4) is 0 Å². The van der Waals surface area contributed by atoms with Gasteiger partial charge in [0.2, 0.25) is 11.4 Å². The second-order valence-electron chi connectivity index (χ2n) is 9.13. The Hall–Kier alpha value is -4.43. The van der Waals surface area contributed by atoms with Gasteiger partial charge in [-0.2, -0.15) is 0 Å². The second kappa shape index (κ2) is 10.5. The molecule has 2 aromatic rings. The van der Waals surface area contributed by atoms with Crippen LogP contribution in [-0.4, -0.2) is 82.1 Å². The summed E-state index contributed by atoms with van der Waals surface area (Å²) in [6, 6.07) is 0. The molecule has 0 bridgehead atoms. The molecule has 1 unspecified atom stereocenters. The first-order chi connectivity index (χ1) is 19.1. The first kappa shape index (κ1) is 29.6. The molecule has 1 saturated heterocycles. The number of fused-ring (bicyclic) bond motifs is 1. The lowest BCUT2D eigenvalue weighted by Crippen LogP contribution is -2.81. The highest BCUT2D eigenvalue weighted by molar-refractivity contribution is 8.00. The Morgan fingerprint density at radius 3 is 2.59 bits per heavy atom. The van der Waals surface area contributed by atoms with Crippen molar-refractivity contribution in [3.8, 4) is 0 Å². The van der Waals surface area contributed by atoms with Gasteiger partial charge < -0.3 is 42.4 Å². The zero-order valence-corrected chi connectivity index (χ0v) is 23.9. The van der Waals surface area contributed by atoms with Crippen molar-refractivity contribution in [1.82, 2.24) is 25.2 Å². The number of β-lactam (4-membered cyclic amide) rings is 1. The monoisotopic (exact) mass is 622 g/mol. The van der Waals surface area contributed by atoms with Gasteiger partial charge in [0.15, 0.2) is 16.4 Å². The van der Waals surface area contributed by atoms with Crippen molar-refractivity contribution in [2.75, 3.05) is 23.0 Å². The molecule has 20 heteroatoms. The molecule has 2 atom stereocenters. The maximum absolute atomic E-state index is 13.6. The van der Waals surface area contributed by atoms with Crippen molar-refractivity contribution in [3.63, 3.8) is 0 Å².